The van der Waals surface area contributed by atoms with Gasteiger partial charge in [0.2, 0.25) is 0 Å². The third kappa shape index (κ3) is 2.97. The third-order valence-corrected chi connectivity index (χ3v) is 4.36. The molecule has 114 valence electrons. The number of benzene rings is 1. The summed E-state index contributed by atoms with van der Waals surface area (Å²) in [5.74, 6) is 0.618. The summed E-state index contributed by atoms with van der Waals surface area (Å²) in [6.07, 6.45) is 1.75. The van der Waals surface area contributed by atoms with Crippen molar-refractivity contribution < 1.29 is 9.53 Å². The number of ether oxygens (including phenoxy) is 1. The summed E-state index contributed by atoms with van der Waals surface area (Å²) >= 11 is 0. The summed E-state index contributed by atoms with van der Waals surface area (Å²) < 4.78 is 5.62. The van der Waals surface area contributed by atoms with Gasteiger partial charge in [-0.2, -0.15) is 0 Å². The Morgan fingerprint density at radius 3 is 3.00 bits per heavy atom. The van der Waals surface area contributed by atoms with E-state index in [1.807, 2.05) is 4.90 Å². The number of nitrogens with one attached hydrogen (secondary N) is 1. The molecule has 2 heterocycles. The van der Waals surface area contributed by atoms with Crippen LogP contribution in [0.3, 0.4) is 0 Å². The second-order valence-corrected chi connectivity index (χ2v) is 6.20. The molecule has 2 aliphatic rings. The quantitative estimate of drug-likeness (QED) is 0.906. The summed E-state index contributed by atoms with van der Waals surface area (Å²) in [4.78, 5) is 14.6. The van der Waals surface area contributed by atoms with Gasteiger partial charge in [-0.05, 0) is 36.0 Å². The predicted molar refractivity (Wildman–Crippen MR) is 83.8 cm³/mol. The zero-order valence-corrected chi connectivity index (χ0v) is 12.9. The van der Waals surface area contributed by atoms with Crippen LogP contribution in [0.4, 0.5) is 5.69 Å². The molecule has 1 aromatic carbocycles. The van der Waals surface area contributed by atoms with Gasteiger partial charge >= 0.3 is 0 Å². The summed E-state index contributed by atoms with van der Waals surface area (Å²) in [5, 5.41) is 3.23. The van der Waals surface area contributed by atoms with Crippen molar-refractivity contribution in [1.29, 1.82) is 0 Å². The van der Waals surface area contributed by atoms with Crippen LogP contribution in [0, 0.1) is 0 Å². The molecular weight excluding hydrogens is 264 g/mol. The highest BCUT2D eigenvalue weighted by atomic mass is 16.5. The van der Waals surface area contributed by atoms with E-state index in [1.54, 1.807) is 0 Å². The molecule has 1 unspecified atom stereocenters. The van der Waals surface area contributed by atoms with E-state index in [-0.39, 0.29) is 12.0 Å². The summed E-state index contributed by atoms with van der Waals surface area (Å²) in [5.41, 5.74) is 3.72. The molecule has 0 bridgehead atoms. The number of hydrogen-bond acceptors (Lipinski definition) is 3. The Labute approximate surface area is 126 Å². The van der Waals surface area contributed by atoms with Crippen molar-refractivity contribution in [1.82, 2.24) is 5.32 Å². The van der Waals surface area contributed by atoms with E-state index in [2.05, 4.69) is 37.4 Å². The van der Waals surface area contributed by atoms with Crippen molar-refractivity contribution in [3.63, 3.8) is 0 Å². The molecule has 1 fully saturated rings. The van der Waals surface area contributed by atoms with Crippen LogP contribution in [0.5, 0.6) is 0 Å². The van der Waals surface area contributed by atoms with Crippen LogP contribution < -0.4 is 10.2 Å². The highest BCUT2D eigenvalue weighted by Gasteiger charge is 2.30. The number of aryl methyl sites for hydroxylation is 1. The lowest BCUT2D eigenvalue weighted by Crippen LogP contribution is -2.50. The minimum Gasteiger partial charge on any atom is -0.366 e. The second-order valence-electron chi connectivity index (χ2n) is 6.20. The first kappa shape index (κ1) is 14.5. The highest BCUT2D eigenvalue weighted by molar-refractivity contribution is 5.97. The number of anilines is 1. The molecule has 21 heavy (non-hydrogen) atoms. The maximum Gasteiger partial charge on any atom is 0.257 e. The molecule has 0 radical (unpaired) electrons. The molecule has 0 saturated carbocycles. The van der Waals surface area contributed by atoms with Gasteiger partial charge in [-0.1, -0.05) is 26.0 Å². The van der Waals surface area contributed by atoms with Gasteiger partial charge in [0.25, 0.3) is 5.91 Å². The Balaban J connectivity index is 1.84. The number of morpholine rings is 1. The molecule has 4 nitrogen and oxygen atoms in total. The molecule has 2 aliphatic heterocycles. The average Bonchev–Trinajstić information content (AvgIpc) is 2.54. The van der Waals surface area contributed by atoms with Gasteiger partial charge in [0.05, 0.1) is 6.61 Å². The molecule has 1 aromatic rings. The zero-order chi connectivity index (χ0) is 14.8. The van der Waals surface area contributed by atoms with Gasteiger partial charge in [0.1, 0.15) is 6.10 Å². The van der Waals surface area contributed by atoms with E-state index < -0.39 is 0 Å². The first-order valence-corrected chi connectivity index (χ1v) is 7.93. The first-order valence-electron chi connectivity index (χ1n) is 7.93. The first-order chi connectivity index (χ1) is 10.2. The largest absolute Gasteiger partial charge is 0.366 e. The molecule has 0 spiro atoms. The molecule has 3 rings (SSSR count). The predicted octanol–water partition coefficient (Wildman–Crippen LogP) is 2.08. The van der Waals surface area contributed by atoms with Crippen LogP contribution in [0.15, 0.2) is 18.2 Å². The molecule has 4 heteroatoms. The van der Waals surface area contributed by atoms with Gasteiger partial charge in [-0.15, -0.1) is 0 Å². The number of fused-ring (bicyclic) bond motifs is 1. The van der Waals surface area contributed by atoms with Gasteiger partial charge < -0.3 is 15.0 Å². The molecule has 1 saturated heterocycles. The van der Waals surface area contributed by atoms with Crippen molar-refractivity contribution >= 4 is 11.6 Å². The van der Waals surface area contributed by atoms with Gasteiger partial charge in [0, 0.05) is 25.3 Å². The lowest BCUT2D eigenvalue weighted by atomic mass is 9.94. The van der Waals surface area contributed by atoms with E-state index in [9.17, 15) is 4.79 Å². The van der Waals surface area contributed by atoms with Crippen LogP contribution in [0.1, 0.15) is 37.3 Å². The monoisotopic (exact) mass is 288 g/mol. The zero-order valence-electron chi connectivity index (χ0n) is 12.9. The third-order valence-electron chi connectivity index (χ3n) is 4.36. The average molecular weight is 288 g/mol. The van der Waals surface area contributed by atoms with Crippen LogP contribution in [-0.2, 0) is 16.0 Å². The Bertz CT molecular complexity index is 522. The maximum absolute atomic E-state index is 12.7. The molecular formula is C17H24N2O2. The number of nitrogens with zero attached hydrogens (tertiary/aromatic N) is 1. The second kappa shape index (κ2) is 6.16. The molecule has 1 atom stereocenters. The topological polar surface area (TPSA) is 41.6 Å². The fraction of sp³-hybridized carbons (Fsp3) is 0.588. The molecule has 0 aliphatic carbocycles. The molecule has 1 N–H and O–H groups in total. The number of amides is 1. The summed E-state index contributed by atoms with van der Waals surface area (Å²) in [6.45, 7) is 7.27. The van der Waals surface area contributed by atoms with Gasteiger partial charge in [-0.25, -0.2) is 0 Å². The van der Waals surface area contributed by atoms with Crippen molar-refractivity contribution in [2.24, 2.45) is 0 Å². The minimum atomic E-state index is -0.338. The summed E-state index contributed by atoms with van der Waals surface area (Å²) in [6, 6.07) is 6.52. The van der Waals surface area contributed by atoms with Crippen LogP contribution in [0.25, 0.3) is 0 Å². The van der Waals surface area contributed by atoms with Crippen molar-refractivity contribution in [2.75, 3.05) is 31.1 Å². The van der Waals surface area contributed by atoms with Gasteiger partial charge in [-0.3, -0.25) is 4.79 Å². The highest BCUT2D eigenvalue weighted by Crippen LogP contribution is 2.30. The Hall–Kier alpha value is -1.39. The smallest absolute Gasteiger partial charge is 0.257 e. The van der Waals surface area contributed by atoms with Crippen molar-refractivity contribution in [3.8, 4) is 0 Å². The molecule has 1 amide bonds. The van der Waals surface area contributed by atoms with E-state index in [0.29, 0.717) is 19.1 Å². The fourth-order valence-electron chi connectivity index (χ4n) is 3.10. The van der Waals surface area contributed by atoms with Crippen LogP contribution in [-0.4, -0.2) is 38.3 Å². The van der Waals surface area contributed by atoms with E-state index >= 15 is 0 Å². The SMILES string of the molecule is CC(C)c1ccc2c(c1)CCCN2C(=O)C1CNCCO1. The Morgan fingerprint density at radius 1 is 1.43 bits per heavy atom. The Morgan fingerprint density at radius 2 is 2.29 bits per heavy atom. The minimum absolute atomic E-state index is 0.0976. The van der Waals surface area contributed by atoms with Crippen molar-refractivity contribution in [2.45, 2.75) is 38.7 Å². The standard InChI is InChI=1S/C17H24N2O2/c1-12(2)13-5-6-15-14(10-13)4-3-8-19(15)17(20)16-11-18-7-9-21-16/h5-6,10,12,16,18H,3-4,7-9,11H2,1-2H3. The number of carbonyl (C=O) groups excluding carboxylic acids is 1. The van der Waals surface area contributed by atoms with E-state index in [4.69, 9.17) is 4.74 Å². The Kier molecular flexibility index (Phi) is 4.27. The lowest BCUT2D eigenvalue weighted by Gasteiger charge is -2.34. The lowest BCUT2D eigenvalue weighted by molar-refractivity contribution is -0.131. The number of rotatable bonds is 2. The normalized spacial score (nSPS) is 22.2. The molecule has 0 aromatic heterocycles. The van der Waals surface area contributed by atoms with E-state index in [1.165, 1.54) is 11.1 Å². The van der Waals surface area contributed by atoms with Crippen molar-refractivity contribution in [3.05, 3.63) is 29.3 Å². The number of hydrogen-bond donors (Lipinski definition) is 1. The fourth-order valence-corrected chi connectivity index (χ4v) is 3.10. The van der Waals surface area contributed by atoms with Crippen LogP contribution in [0.2, 0.25) is 0 Å². The van der Waals surface area contributed by atoms with E-state index in [0.717, 1.165) is 31.6 Å². The number of carbonyl (C=O) groups is 1. The maximum atomic E-state index is 12.7. The summed E-state index contributed by atoms with van der Waals surface area (Å²) in [7, 11) is 0. The van der Waals surface area contributed by atoms with Crippen LogP contribution >= 0.6 is 0 Å². The van der Waals surface area contributed by atoms with Gasteiger partial charge in [0.15, 0.2) is 0 Å².